The first-order valence-corrected chi connectivity index (χ1v) is 9.15. The summed E-state index contributed by atoms with van der Waals surface area (Å²) in [5.74, 6) is 0.215. The number of hydrogen-bond donors (Lipinski definition) is 1. The fraction of sp³-hybridized carbons (Fsp3) is 0.467. The van der Waals surface area contributed by atoms with Gasteiger partial charge in [0.25, 0.3) is 0 Å². The van der Waals surface area contributed by atoms with E-state index in [-0.39, 0.29) is 23.5 Å². The van der Waals surface area contributed by atoms with Crippen molar-refractivity contribution in [3.8, 4) is 0 Å². The van der Waals surface area contributed by atoms with Crippen molar-refractivity contribution < 1.29 is 13.5 Å². The molecular weight excluding hydrogens is 306 g/mol. The summed E-state index contributed by atoms with van der Waals surface area (Å²) < 4.78 is 28.2. The maximum absolute atomic E-state index is 13.0. The summed E-state index contributed by atoms with van der Waals surface area (Å²) in [5.41, 5.74) is 0. The fourth-order valence-electron chi connectivity index (χ4n) is 2.24. The van der Waals surface area contributed by atoms with Crippen LogP contribution in [0.4, 0.5) is 0 Å². The second-order valence-corrected chi connectivity index (χ2v) is 8.59. The third-order valence-corrected chi connectivity index (χ3v) is 7.29. The Morgan fingerprint density at radius 3 is 2.43 bits per heavy atom. The highest BCUT2D eigenvalue weighted by molar-refractivity contribution is 7.89. The van der Waals surface area contributed by atoms with Crippen molar-refractivity contribution in [1.29, 1.82) is 0 Å². The summed E-state index contributed by atoms with van der Waals surface area (Å²) in [6.45, 7) is 5.62. The van der Waals surface area contributed by atoms with Gasteiger partial charge < -0.3 is 5.11 Å². The van der Waals surface area contributed by atoms with Gasteiger partial charge in [0, 0.05) is 23.2 Å². The number of aliphatic hydroxyl groups excluding tert-OH is 1. The van der Waals surface area contributed by atoms with E-state index in [9.17, 15) is 13.5 Å². The lowest BCUT2D eigenvalue weighted by Crippen LogP contribution is -2.38. The topological polar surface area (TPSA) is 57.6 Å². The number of aliphatic hydroxyl groups is 1. The lowest BCUT2D eigenvalue weighted by Gasteiger charge is -2.27. The predicted octanol–water partition coefficient (Wildman–Crippen LogP) is 3.06. The van der Waals surface area contributed by atoms with Crippen LogP contribution in [0.3, 0.4) is 0 Å². The number of hydrogen-bond acceptors (Lipinski definition) is 4. The standard InChI is InChI=1S/C15H21NO3S2/c1-10(2)11(3)16(4)21(18,19)15-12-7-5-6-8-13(12)20-14(15)9-17/h5-8,10-11,17H,9H2,1-4H3. The smallest absolute Gasteiger partial charge is 0.244 e. The van der Waals surface area contributed by atoms with Crippen LogP contribution in [0.1, 0.15) is 25.6 Å². The molecule has 0 spiro atoms. The summed E-state index contributed by atoms with van der Waals surface area (Å²) in [6.07, 6.45) is 0. The molecule has 0 amide bonds. The Hall–Kier alpha value is -0.950. The second kappa shape index (κ2) is 6.04. The summed E-state index contributed by atoms with van der Waals surface area (Å²) in [7, 11) is -2.02. The Labute approximate surface area is 130 Å². The quantitative estimate of drug-likeness (QED) is 0.918. The molecule has 0 saturated carbocycles. The first kappa shape index (κ1) is 16.4. The van der Waals surface area contributed by atoms with Crippen LogP contribution >= 0.6 is 11.3 Å². The van der Waals surface area contributed by atoms with Crippen LogP contribution in [-0.4, -0.2) is 30.9 Å². The van der Waals surface area contributed by atoms with Crippen molar-refractivity contribution in [2.24, 2.45) is 5.92 Å². The molecule has 1 N–H and O–H groups in total. The highest BCUT2D eigenvalue weighted by Crippen LogP contribution is 2.36. The van der Waals surface area contributed by atoms with E-state index in [1.165, 1.54) is 15.6 Å². The molecule has 21 heavy (non-hydrogen) atoms. The first-order valence-electron chi connectivity index (χ1n) is 6.90. The number of sulfonamides is 1. The molecule has 4 nitrogen and oxygen atoms in total. The van der Waals surface area contributed by atoms with Crippen molar-refractivity contribution in [3.05, 3.63) is 29.1 Å². The van der Waals surface area contributed by atoms with Crippen molar-refractivity contribution >= 4 is 31.4 Å². The Morgan fingerprint density at radius 2 is 1.86 bits per heavy atom. The molecule has 0 saturated heterocycles. The van der Waals surface area contributed by atoms with Crippen LogP contribution in [0.2, 0.25) is 0 Å². The number of rotatable bonds is 5. The van der Waals surface area contributed by atoms with Gasteiger partial charge in [-0.15, -0.1) is 11.3 Å². The molecule has 0 aliphatic carbocycles. The van der Waals surface area contributed by atoms with Gasteiger partial charge in [-0.2, -0.15) is 4.31 Å². The summed E-state index contributed by atoms with van der Waals surface area (Å²) >= 11 is 1.33. The zero-order valence-electron chi connectivity index (χ0n) is 12.7. The SMILES string of the molecule is CC(C)C(C)N(C)S(=O)(=O)c1c(CO)sc2ccccc12. The van der Waals surface area contributed by atoms with Crippen LogP contribution < -0.4 is 0 Å². The molecule has 1 aromatic carbocycles. The van der Waals surface area contributed by atoms with Crippen LogP contribution in [0, 0.1) is 5.92 Å². The van der Waals surface area contributed by atoms with Gasteiger partial charge in [0.1, 0.15) is 4.90 Å². The Kier molecular flexibility index (Phi) is 4.72. The number of thiophene rings is 1. The maximum Gasteiger partial charge on any atom is 0.244 e. The van der Waals surface area contributed by atoms with Crippen molar-refractivity contribution in [2.45, 2.75) is 38.3 Å². The Balaban J connectivity index is 2.64. The number of nitrogens with zero attached hydrogens (tertiary/aromatic N) is 1. The molecular formula is C15H21NO3S2. The van der Waals surface area contributed by atoms with E-state index in [4.69, 9.17) is 0 Å². The van der Waals surface area contributed by atoms with Gasteiger partial charge in [-0.05, 0) is 18.9 Å². The molecule has 1 unspecified atom stereocenters. The van der Waals surface area contributed by atoms with Gasteiger partial charge in [0.15, 0.2) is 0 Å². The lowest BCUT2D eigenvalue weighted by atomic mass is 10.1. The van der Waals surface area contributed by atoms with Crippen molar-refractivity contribution in [3.63, 3.8) is 0 Å². The van der Waals surface area contributed by atoms with Gasteiger partial charge in [-0.3, -0.25) is 0 Å². The third kappa shape index (κ3) is 2.85. The zero-order chi connectivity index (χ0) is 15.8. The second-order valence-electron chi connectivity index (χ2n) is 5.51. The van der Waals surface area contributed by atoms with E-state index >= 15 is 0 Å². The molecule has 0 aliphatic heterocycles. The molecule has 1 heterocycles. The lowest BCUT2D eigenvalue weighted by molar-refractivity contribution is 0.281. The molecule has 0 bridgehead atoms. The minimum Gasteiger partial charge on any atom is -0.391 e. The highest BCUT2D eigenvalue weighted by Gasteiger charge is 2.31. The average molecular weight is 327 g/mol. The van der Waals surface area contributed by atoms with Crippen LogP contribution in [0.25, 0.3) is 10.1 Å². The summed E-state index contributed by atoms with van der Waals surface area (Å²) in [6, 6.07) is 7.26. The molecule has 2 aromatic rings. The van der Waals surface area contributed by atoms with Crippen LogP contribution in [0.15, 0.2) is 29.2 Å². The van der Waals surface area contributed by atoms with Gasteiger partial charge in [-0.25, -0.2) is 8.42 Å². The third-order valence-electron chi connectivity index (χ3n) is 3.94. The molecule has 0 radical (unpaired) electrons. The Bertz CT molecular complexity index is 734. The maximum atomic E-state index is 13.0. The van der Waals surface area contributed by atoms with Gasteiger partial charge in [0.05, 0.1) is 11.5 Å². The van der Waals surface area contributed by atoms with E-state index in [1.54, 1.807) is 13.1 Å². The first-order chi connectivity index (χ1) is 9.80. The molecule has 1 atom stereocenters. The highest BCUT2D eigenvalue weighted by atomic mass is 32.2. The minimum absolute atomic E-state index is 0.111. The molecule has 116 valence electrons. The summed E-state index contributed by atoms with van der Waals surface area (Å²) in [5, 5.41) is 10.2. The predicted molar refractivity (Wildman–Crippen MR) is 87.0 cm³/mol. The minimum atomic E-state index is -3.63. The molecule has 0 fully saturated rings. The molecule has 1 aromatic heterocycles. The average Bonchev–Trinajstić information content (AvgIpc) is 2.84. The Morgan fingerprint density at radius 1 is 1.24 bits per heavy atom. The largest absolute Gasteiger partial charge is 0.391 e. The zero-order valence-corrected chi connectivity index (χ0v) is 14.3. The fourth-order valence-corrected chi connectivity index (χ4v) is 5.48. The van der Waals surface area contributed by atoms with Crippen LogP contribution in [-0.2, 0) is 16.6 Å². The molecule has 0 aliphatic rings. The monoisotopic (exact) mass is 327 g/mol. The van der Waals surface area contributed by atoms with E-state index < -0.39 is 10.0 Å². The molecule has 2 rings (SSSR count). The molecule has 6 heteroatoms. The van der Waals surface area contributed by atoms with Crippen molar-refractivity contribution in [1.82, 2.24) is 4.31 Å². The van der Waals surface area contributed by atoms with Crippen LogP contribution in [0.5, 0.6) is 0 Å². The van der Waals surface area contributed by atoms with Gasteiger partial charge >= 0.3 is 0 Å². The number of benzene rings is 1. The van der Waals surface area contributed by atoms with E-state index in [0.717, 1.165) is 4.70 Å². The van der Waals surface area contributed by atoms with Gasteiger partial charge in [0.2, 0.25) is 10.0 Å². The van der Waals surface area contributed by atoms with Gasteiger partial charge in [-0.1, -0.05) is 32.0 Å². The summed E-state index contributed by atoms with van der Waals surface area (Å²) in [4.78, 5) is 0.750. The van der Waals surface area contributed by atoms with Crippen molar-refractivity contribution in [2.75, 3.05) is 7.05 Å². The number of fused-ring (bicyclic) bond motifs is 1. The van der Waals surface area contributed by atoms with E-state index in [1.807, 2.05) is 39.0 Å². The normalized spacial score (nSPS) is 14.2. The van der Waals surface area contributed by atoms with E-state index in [2.05, 4.69) is 0 Å². The van der Waals surface area contributed by atoms with E-state index in [0.29, 0.717) is 10.3 Å².